The second kappa shape index (κ2) is 5.42. The summed E-state index contributed by atoms with van der Waals surface area (Å²) in [5.74, 6) is -0.937. The van der Waals surface area contributed by atoms with Crippen molar-refractivity contribution in [2.75, 3.05) is 13.1 Å². The number of carbonyl (C=O) groups is 1. The predicted molar refractivity (Wildman–Crippen MR) is 101 cm³/mol. The van der Waals surface area contributed by atoms with Gasteiger partial charge < -0.3 is 10.4 Å². The van der Waals surface area contributed by atoms with Crippen molar-refractivity contribution >= 4 is 27.8 Å². The van der Waals surface area contributed by atoms with Gasteiger partial charge in [-0.3, -0.25) is 4.40 Å². The van der Waals surface area contributed by atoms with Crippen LogP contribution < -0.4 is 5.32 Å². The summed E-state index contributed by atoms with van der Waals surface area (Å²) < 4.78 is 2.16. The maximum atomic E-state index is 11.8. The molecule has 0 bridgehead atoms. The molecule has 2 N–H and O–H groups in total. The molecule has 1 aliphatic heterocycles. The molecule has 0 fully saturated rings. The van der Waals surface area contributed by atoms with E-state index in [0.717, 1.165) is 48.6 Å². The van der Waals surface area contributed by atoms with E-state index in [2.05, 4.69) is 48.5 Å². The van der Waals surface area contributed by atoms with Gasteiger partial charge in [-0.2, -0.15) is 0 Å². The number of hydrogen-bond acceptors (Lipinski definition) is 4. The van der Waals surface area contributed by atoms with E-state index in [1.165, 1.54) is 10.6 Å². The Morgan fingerprint density at radius 3 is 2.76 bits per heavy atom. The molecule has 5 nitrogen and oxygen atoms in total. The van der Waals surface area contributed by atoms with Gasteiger partial charge in [0, 0.05) is 22.5 Å². The van der Waals surface area contributed by atoms with Crippen LogP contribution in [-0.2, 0) is 11.8 Å². The lowest BCUT2D eigenvalue weighted by atomic mass is 9.67. The summed E-state index contributed by atoms with van der Waals surface area (Å²) in [5, 5.41) is 13.0. The molecule has 1 aliphatic carbocycles. The van der Waals surface area contributed by atoms with Crippen molar-refractivity contribution in [2.24, 2.45) is 5.41 Å². The standard InChI is InChI=1S/C19H25N3O2S/c1-18(2)9-12-15(19(3,4)10-18)25-17-21-13(16(23)24)14(22(12)17)11-5-7-20-8-6-11/h5,20H,6-10H2,1-4H3,(H,23,24). The Bertz CT molecular complexity index is 902. The number of fused-ring (bicyclic) bond motifs is 3. The lowest BCUT2D eigenvalue weighted by Gasteiger charge is -2.40. The number of hydrogen-bond donors (Lipinski definition) is 2. The molecule has 25 heavy (non-hydrogen) atoms. The van der Waals surface area contributed by atoms with E-state index < -0.39 is 5.97 Å². The summed E-state index contributed by atoms with van der Waals surface area (Å²) in [6.07, 6.45) is 5.04. The van der Waals surface area contributed by atoms with Crippen molar-refractivity contribution in [3.05, 3.63) is 28.0 Å². The van der Waals surface area contributed by atoms with Crippen LogP contribution in [0, 0.1) is 5.41 Å². The summed E-state index contributed by atoms with van der Waals surface area (Å²) in [6, 6.07) is 0. The van der Waals surface area contributed by atoms with Gasteiger partial charge in [0.05, 0.1) is 5.69 Å². The first-order valence-corrected chi connectivity index (χ1v) is 9.69. The van der Waals surface area contributed by atoms with Gasteiger partial charge in [0.2, 0.25) is 0 Å². The zero-order valence-electron chi connectivity index (χ0n) is 15.3. The van der Waals surface area contributed by atoms with Crippen molar-refractivity contribution in [1.29, 1.82) is 0 Å². The van der Waals surface area contributed by atoms with E-state index >= 15 is 0 Å². The molecule has 4 rings (SSSR count). The van der Waals surface area contributed by atoms with Gasteiger partial charge in [-0.05, 0) is 36.8 Å². The van der Waals surface area contributed by atoms with Gasteiger partial charge in [0.1, 0.15) is 0 Å². The monoisotopic (exact) mass is 359 g/mol. The molecule has 2 aliphatic rings. The molecule has 0 atom stereocenters. The van der Waals surface area contributed by atoms with Crippen LogP contribution in [0.2, 0.25) is 0 Å². The van der Waals surface area contributed by atoms with Crippen LogP contribution in [0.25, 0.3) is 10.5 Å². The normalized spacial score (nSPS) is 21.8. The fourth-order valence-electron chi connectivity index (χ4n) is 4.73. The highest BCUT2D eigenvalue weighted by Gasteiger charge is 2.41. The number of rotatable bonds is 2. The average molecular weight is 359 g/mol. The molecular formula is C19H25N3O2S. The van der Waals surface area contributed by atoms with Gasteiger partial charge in [-0.1, -0.05) is 33.8 Å². The van der Waals surface area contributed by atoms with E-state index in [1.54, 1.807) is 11.3 Å². The zero-order valence-corrected chi connectivity index (χ0v) is 16.1. The number of carboxylic acids is 1. The van der Waals surface area contributed by atoms with Gasteiger partial charge >= 0.3 is 5.97 Å². The van der Waals surface area contributed by atoms with E-state index in [9.17, 15) is 9.90 Å². The third-order valence-corrected chi connectivity index (χ3v) is 6.77. The minimum atomic E-state index is -0.937. The Morgan fingerprint density at radius 2 is 2.12 bits per heavy atom. The van der Waals surface area contributed by atoms with Crippen LogP contribution in [0.1, 0.15) is 67.3 Å². The van der Waals surface area contributed by atoms with E-state index in [1.807, 2.05) is 0 Å². The van der Waals surface area contributed by atoms with Crippen molar-refractivity contribution < 1.29 is 9.90 Å². The summed E-state index contributed by atoms with van der Waals surface area (Å²) >= 11 is 1.67. The molecule has 0 radical (unpaired) electrons. The summed E-state index contributed by atoms with van der Waals surface area (Å²) in [7, 11) is 0. The number of thiazole rings is 1. The Labute approximate surface area is 151 Å². The quantitative estimate of drug-likeness (QED) is 0.858. The molecule has 0 amide bonds. The van der Waals surface area contributed by atoms with Crippen molar-refractivity contribution in [1.82, 2.24) is 14.7 Å². The fraction of sp³-hybridized carbons (Fsp3) is 0.579. The molecular weight excluding hydrogens is 334 g/mol. The first kappa shape index (κ1) is 16.8. The summed E-state index contributed by atoms with van der Waals surface area (Å²) in [5.41, 5.74) is 3.64. The van der Waals surface area contributed by atoms with Crippen LogP contribution in [0.4, 0.5) is 0 Å². The minimum Gasteiger partial charge on any atom is -0.476 e. The Morgan fingerprint density at radius 1 is 1.36 bits per heavy atom. The molecule has 2 aromatic rings. The average Bonchev–Trinajstić information content (AvgIpc) is 3.04. The number of carboxylic acid groups (broad SMARTS) is 1. The molecule has 3 heterocycles. The summed E-state index contributed by atoms with van der Waals surface area (Å²) in [4.78, 5) is 18.6. The molecule has 0 saturated carbocycles. The molecule has 0 saturated heterocycles. The van der Waals surface area contributed by atoms with Crippen LogP contribution in [-0.4, -0.2) is 33.6 Å². The number of aromatic nitrogens is 2. The van der Waals surface area contributed by atoms with Gasteiger partial charge in [-0.25, -0.2) is 9.78 Å². The number of nitrogens with zero attached hydrogens (tertiary/aromatic N) is 2. The molecule has 2 aromatic heterocycles. The minimum absolute atomic E-state index is 0.0889. The Kier molecular flexibility index (Phi) is 3.64. The molecule has 0 aromatic carbocycles. The summed E-state index contributed by atoms with van der Waals surface area (Å²) in [6.45, 7) is 10.9. The van der Waals surface area contributed by atoms with E-state index in [4.69, 9.17) is 0 Å². The first-order chi connectivity index (χ1) is 11.7. The fourth-order valence-corrected chi connectivity index (χ4v) is 5.98. The highest BCUT2D eigenvalue weighted by Crippen LogP contribution is 2.49. The highest BCUT2D eigenvalue weighted by molar-refractivity contribution is 7.17. The maximum Gasteiger partial charge on any atom is 0.356 e. The van der Waals surface area contributed by atoms with Crippen molar-refractivity contribution in [3.63, 3.8) is 0 Å². The van der Waals surface area contributed by atoms with Crippen molar-refractivity contribution in [2.45, 2.75) is 52.4 Å². The van der Waals surface area contributed by atoms with Gasteiger partial charge in [0.25, 0.3) is 0 Å². The second-order valence-corrected chi connectivity index (χ2v) is 9.67. The topological polar surface area (TPSA) is 66.6 Å². The number of imidazole rings is 1. The molecule has 134 valence electrons. The van der Waals surface area contributed by atoms with Gasteiger partial charge in [-0.15, -0.1) is 11.3 Å². The number of nitrogens with one attached hydrogen (secondary N) is 1. The van der Waals surface area contributed by atoms with E-state index in [-0.39, 0.29) is 16.5 Å². The smallest absolute Gasteiger partial charge is 0.356 e. The van der Waals surface area contributed by atoms with Crippen LogP contribution in [0.15, 0.2) is 6.08 Å². The molecule has 6 heteroatoms. The zero-order chi connectivity index (χ0) is 18.0. The largest absolute Gasteiger partial charge is 0.476 e. The maximum absolute atomic E-state index is 11.8. The van der Waals surface area contributed by atoms with Gasteiger partial charge in [0.15, 0.2) is 10.7 Å². The first-order valence-electron chi connectivity index (χ1n) is 8.88. The highest BCUT2D eigenvalue weighted by atomic mass is 32.1. The van der Waals surface area contributed by atoms with Crippen molar-refractivity contribution in [3.8, 4) is 0 Å². The molecule has 0 spiro atoms. The lowest BCUT2D eigenvalue weighted by Crippen LogP contribution is -2.34. The molecule has 0 unspecified atom stereocenters. The Balaban J connectivity index is 2.03. The van der Waals surface area contributed by atoms with Crippen LogP contribution in [0.3, 0.4) is 0 Å². The predicted octanol–water partition coefficient (Wildman–Crippen LogP) is 3.72. The third kappa shape index (κ3) is 2.62. The second-order valence-electron chi connectivity index (χ2n) is 8.70. The van der Waals surface area contributed by atoms with Crippen LogP contribution in [0.5, 0.6) is 0 Å². The Hall–Kier alpha value is -1.66. The van der Waals surface area contributed by atoms with Crippen LogP contribution >= 0.6 is 11.3 Å². The SMILES string of the molecule is CC1(C)Cc2c(sc3nc(C(=O)O)c(C4=CCNCC4)n23)C(C)(C)C1. The number of aromatic carboxylic acids is 1. The third-order valence-electron chi connectivity index (χ3n) is 5.32. The van der Waals surface area contributed by atoms with E-state index in [0.29, 0.717) is 0 Å². The lowest BCUT2D eigenvalue weighted by molar-refractivity contribution is 0.0691.